The van der Waals surface area contributed by atoms with E-state index in [9.17, 15) is 19.2 Å². The van der Waals surface area contributed by atoms with E-state index in [4.69, 9.17) is 4.74 Å². The minimum absolute atomic E-state index is 0.00443. The van der Waals surface area contributed by atoms with E-state index in [-0.39, 0.29) is 24.3 Å². The zero-order valence-corrected chi connectivity index (χ0v) is 16.8. The van der Waals surface area contributed by atoms with Gasteiger partial charge in [0.15, 0.2) is 6.10 Å². The molecule has 0 radical (unpaired) electrons. The summed E-state index contributed by atoms with van der Waals surface area (Å²) in [6.07, 6.45) is 3.39. The van der Waals surface area contributed by atoms with Crippen molar-refractivity contribution in [2.24, 2.45) is 5.92 Å². The Morgan fingerprint density at radius 2 is 1.66 bits per heavy atom. The van der Waals surface area contributed by atoms with Crippen molar-refractivity contribution in [1.29, 1.82) is 0 Å². The maximum absolute atomic E-state index is 12.4. The molecule has 2 N–H and O–H groups in total. The van der Waals surface area contributed by atoms with Gasteiger partial charge in [-0.05, 0) is 44.0 Å². The van der Waals surface area contributed by atoms with Crippen LogP contribution in [0.25, 0.3) is 0 Å². The van der Waals surface area contributed by atoms with Crippen LogP contribution in [-0.4, -0.2) is 47.3 Å². The molecule has 2 atom stereocenters. The van der Waals surface area contributed by atoms with Gasteiger partial charge in [0, 0.05) is 37.3 Å². The molecule has 1 saturated heterocycles. The summed E-state index contributed by atoms with van der Waals surface area (Å²) >= 11 is 0. The Kier molecular flexibility index (Phi) is 6.51. The summed E-state index contributed by atoms with van der Waals surface area (Å²) in [6.45, 7) is 3.29. The lowest BCUT2D eigenvalue weighted by Crippen LogP contribution is -2.36. The highest BCUT2D eigenvalue weighted by molar-refractivity contribution is 5.96. The standard InChI is InChI=1S/C21H27N3O5/c1-13(20(27)23-17-9-7-16(8-10-17)22-14(2)25)29-21(28)15-11-19(26)24(12-15)18-5-3-4-6-18/h7-10,13,15,18H,3-6,11-12H2,1-2H3,(H,22,25)(H,23,27)/t13-,15-/m0/s1. The Morgan fingerprint density at radius 1 is 1.07 bits per heavy atom. The first-order valence-corrected chi connectivity index (χ1v) is 10.0. The lowest BCUT2D eigenvalue weighted by atomic mass is 10.1. The SMILES string of the molecule is CC(=O)Nc1ccc(NC(=O)[C@H](C)OC(=O)[C@H]2CC(=O)N(C3CCCC3)C2)cc1. The van der Waals surface area contributed by atoms with Crippen LogP contribution < -0.4 is 10.6 Å². The maximum Gasteiger partial charge on any atom is 0.312 e. The first kappa shape index (κ1) is 20.8. The number of amides is 3. The maximum atomic E-state index is 12.4. The molecule has 2 aliphatic rings. The molecule has 156 valence electrons. The van der Waals surface area contributed by atoms with Gasteiger partial charge in [-0.1, -0.05) is 12.8 Å². The Labute approximate surface area is 170 Å². The summed E-state index contributed by atoms with van der Waals surface area (Å²) in [6, 6.07) is 6.85. The van der Waals surface area contributed by atoms with Crippen molar-refractivity contribution in [2.75, 3.05) is 17.2 Å². The van der Waals surface area contributed by atoms with Crippen LogP contribution in [0.2, 0.25) is 0 Å². The van der Waals surface area contributed by atoms with E-state index < -0.39 is 23.9 Å². The van der Waals surface area contributed by atoms with E-state index in [0.29, 0.717) is 17.9 Å². The van der Waals surface area contributed by atoms with Crippen molar-refractivity contribution in [1.82, 2.24) is 4.90 Å². The van der Waals surface area contributed by atoms with Gasteiger partial charge in [-0.3, -0.25) is 19.2 Å². The van der Waals surface area contributed by atoms with Gasteiger partial charge in [-0.15, -0.1) is 0 Å². The van der Waals surface area contributed by atoms with Gasteiger partial charge in [0.05, 0.1) is 5.92 Å². The molecule has 0 spiro atoms. The van der Waals surface area contributed by atoms with Gasteiger partial charge >= 0.3 is 5.97 Å². The minimum atomic E-state index is -0.979. The largest absolute Gasteiger partial charge is 0.452 e. The molecule has 29 heavy (non-hydrogen) atoms. The van der Waals surface area contributed by atoms with E-state index in [1.54, 1.807) is 29.2 Å². The normalized spacial score (nSPS) is 20.4. The third-order valence-electron chi connectivity index (χ3n) is 5.39. The number of benzene rings is 1. The number of ether oxygens (including phenoxy) is 1. The summed E-state index contributed by atoms with van der Waals surface area (Å²) in [5.74, 6) is -1.67. The van der Waals surface area contributed by atoms with Gasteiger partial charge in [0.25, 0.3) is 5.91 Å². The quantitative estimate of drug-likeness (QED) is 0.712. The molecule has 1 aliphatic carbocycles. The molecule has 1 aromatic carbocycles. The van der Waals surface area contributed by atoms with Crippen molar-refractivity contribution in [3.8, 4) is 0 Å². The van der Waals surface area contributed by atoms with Crippen molar-refractivity contribution in [3.63, 3.8) is 0 Å². The number of esters is 1. The summed E-state index contributed by atoms with van der Waals surface area (Å²) in [7, 11) is 0. The Balaban J connectivity index is 1.49. The van der Waals surface area contributed by atoms with E-state index >= 15 is 0 Å². The highest BCUT2D eigenvalue weighted by atomic mass is 16.5. The molecular formula is C21H27N3O5. The van der Waals surface area contributed by atoms with E-state index in [0.717, 1.165) is 25.7 Å². The van der Waals surface area contributed by atoms with E-state index in [2.05, 4.69) is 10.6 Å². The topological polar surface area (TPSA) is 105 Å². The second-order valence-corrected chi connectivity index (χ2v) is 7.71. The van der Waals surface area contributed by atoms with Crippen LogP contribution in [0, 0.1) is 5.92 Å². The zero-order chi connectivity index (χ0) is 21.0. The smallest absolute Gasteiger partial charge is 0.312 e. The van der Waals surface area contributed by atoms with E-state index in [1.165, 1.54) is 13.8 Å². The average Bonchev–Trinajstić information content (AvgIpc) is 3.32. The number of carbonyl (C=O) groups is 4. The van der Waals surface area contributed by atoms with Gasteiger partial charge in [-0.2, -0.15) is 0 Å². The van der Waals surface area contributed by atoms with E-state index in [1.807, 2.05) is 0 Å². The van der Waals surface area contributed by atoms with Gasteiger partial charge < -0.3 is 20.3 Å². The molecular weight excluding hydrogens is 374 g/mol. The third-order valence-corrected chi connectivity index (χ3v) is 5.39. The first-order chi connectivity index (χ1) is 13.8. The number of anilines is 2. The predicted molar refractivity (Wildman–Crippen MR) is 107 cm³/mol. The molecule has 0 bridgehead atoms. The number of rotatable bonds is 6. The summed E-state index contributed by atoms with van der Waals surface area (Å²) in [5.41, 5.74) is 1.14. The van der Waals surface area contributed by atoms with Gasteiger partial charge in [-0.25, -0.2) is 0 Å². The summed E-state index contributed by atoms with van der Waals surface area (Å²) in [4.78, 5) is 49.9. The fourth-order valence-corrected chi connectivity index (χ4v) is 3.87. The second-order valence-electron chi connectivity index (χ2n) is 7.71. The lowest BCUT2D eigenvalue weighted by Gasteiger charge is -2.24. The number of hydrogen-bond donors (Lipinski definition) is 2. The monoisotopic (exact) mass is 401 g/mol. The molecule has 1 aromatic rings. The molecule has 3 rings (SSSR count). The number of nitrogens with zero attached hydrogens (tertiary/aromatic N) is 1. The minimum Gasteiger partial charge on any atom is -0.452 e. The van der Waals surface area contributed by atoms with Gasteiger partial charge in [0.1, 0.15) is 0 Å². The third kappa shape index (κ3) is 5.34. The van der Waals surface area contributed by atoms with Crippen LogP contribution in [0.1, 0.15) is 46.0 Å². The zero-order valence-electron chi connectivity index (χ0n) is 16.8. The van der Waals surface area contributed by atoms with Crippen molar-refractivity contribution < 1.29 is 23.9 Å². The van der Waals surface area contributed by atoms with Crippen molar-refractivity contribution >= 4 is 35.1 Å². The molecule has 0 unspecified atom stereocenters. The lowest BCUT2D eigenvalue weighted by molar-refractivity contribution is -0.157. The van der Waals surface area contributed by atoms with Crippen LogP contribution in [0.5, 0.6) is 0 Å². The number of nitrogens with one attached hydrogen (secondary N) is 2. The van der Waals surface area contributed by atoms with Crippen molar-refractivity contribution in [2.45, 2.75) is 58.1 Å². The van der Waals surface area contributed by atoms with Crippen LogP contribution in [0.4, 0.5) is 11.4 Å². The molecule has 0 aromatic heterocycles. The molecule has 1 saturated carbocycles. The Morgan fingerprint density at radius 3 is 2.24 bits per heavy atom. The van der Waals surface area contributed by atoms with Crippen LogP contribution in [0.15, 0.2) is 24.3 Å². The molecule has 1 heterocycles. The molecule has 2 fully saturated rings. The Hall–Kier alpha value is -2.90. The highest BCUT2D eigenvalue weighted by Crippen LogP contribution is 2.30. The Bertz CT molecular complexity index is 786. The summed E-state index contributed by atoms with van der Waals surface area (Å²) in [5, 5.41) is 5.31. The predicted octanol–water partition coefficient (Wildman–Crippen LogP) is 2.31. The molecule has 8 heteroatoms. The molecule has 8 nitrogen and oxygen atoms in total. The first-order valence-electron chi connectivity index (χ1n) is 10.0. The highest BCUT2D eigenvalue weighted by Gasteiger charge is 2.40. The molecule has 3 amide bonds. The fraction of sp³-hybridized carbons (Fsp3) is 0.524. The fourth-order valence-electron chi connectivity index (χ4n) is 3.87. The number of likely N-dealkylation sites (tertiary alicyclic amines) is 1. The average molecular weight is 401 g/mol. The molecule has 1 aliphatic heterocycles. The number of carbonyl (C=O) groups excluding carboxylic acids is 4. The van der Waals surface area contributed by atoms with Gasteiger partial charge in [0.2, 0.25) is 11.8 Å². The van der Waals surface area contributed by atoms with Crippen LogP contribution >= 0.6 is 0 Å². The van der Waals surface area contributed by atoms with Crippen LogP contribution in [-0.2, 0) is 23.9 Å². The summed E-state index contributed by atoms with van der Waals surface area (Å²) < 4.78 is 5.32. The van der Waals surface area contributed by atoms with Crippen molar-refractivity contribution in [3.05, 3.63) is 24.3 Å². The second kappa shape index (κ2) is 9.07. The number of hydrogen-bond acceptors (Lipinski definition) is 5. The van der Waals surface area contributed by atoms with Crippen LogP contribution in [0.3, 0.4) is 0 Å².